The maximum Gasteiger partial charge on any atom is 0.242 e. The minimum absolute atomic E-state index is 0.0362. The summed E-state index contributed by atoms with van der Waals surface area (Å²) < 4.78 is 50.3. The Balaban J connectivity index is 2.10. The molecule has 1 amide bonds. The highest BCUT2D eigenvalue weighted by Crippen LogP contribution is 2.17. The number of nitrogens with zero attached hydrogens (tertiary/aromatic N) is 2. The monoisotopic (exact) mass is 402 g/mol. The predicted octanol–water partition coefficient (Wildman–Crippen LogP) is 1.25. The van der Waals surface area contributed by atoms with Gasteiger partial charge in [0, 0.05) is 27.2 Å². The third-order valence-corrected chi connectivity index (χ3v) is 7.64. The van der Waals surface area contributed by atoms with Crippen LogP contribution in [-0.2, 0) is 30.4 Å². The van der Waals surface area contributed by atoms with Crippen molar-refractivity contribution in [2.45, 2.75) is 36.3 Å². The Morgan fingerprint density at radius 1 is 1.04 bits per heavy atom. The van der Waals surface area contributed by atoms with Gasteiger partial charge in [0.05, 0.1) is 10.6 Å². The lowest BCUT2D eigenvalue weighted by Crippen LogP contribution is -2.36. The van der Waals surface area contributed by atoms with Crippen LogP contribution in [0.15, 0.2) is 29.2 Å². The molecule has 1 aliphatic rings. The number of sulfonamides is 1. The number of carbonyl (C=O) groups excluding carboxylic acids is 1. The van der Waals surface area contributed by atoms with E-state index in [1.165, 1.54) is 32.3 Å². The number of carbonyl (C=O) groups is 1. The first-order valence-corrected chi connectivity index (χ1v) is 11.9. The molecule has 1 fully saturated rings. The zero-order valence-corrected chi connectivity index (χ0v) is 16.9. The molecule has 0 N–H and O–H groups in total. The fraction of sp³-hybridized carbons (Fsp3) is 0.588. The number of benzene rings is 1. The van der Waals surface area contributed by atoms with Crippen molar-refractivity contribution >= 4 is 25.8 Å². The second kappa shape index (κ2) is 8.49. The molecular weight excluding hydrogens is 376 g/mol. The first kappa shape index (κ1) is 20.9. The molecule has 0 radical (unpaired) electrons. The van der Waals surface area contributed by atoms with E-state index in [0.717, 1.165) is 30.0 Å². The summed E-state index contributed by atoms with van der Waals surface area (Å²) in [5.74, 6) is -1.27. The average Bonchev–Trinajstić information content (AvgIpc) is 2.83. The summed E-state index contributed by atoms with van der Waals surface area (Å²) in [6, 6.07) is 5.84. The lowest BCUT2D eigenvalue weighted by atomic mass is 10.2. The number of likely N-dealkylation sites (tertiary alicyclic amines) is 1. The van der Waals surface area contributed by atoms with Gasteiger partial charge in [0.15, 0.2) is 9.84 Å². The molecule has 1 aromatic rings. The highest BCUT2D eigenvalue weighted by Gasteiger charge is 2.24. The van der Waals surface area contributed by atoms with Crippen LogP contribution < -0.4 is 0 Å². The number of amides is 1. The first-order chi connectivity index (χ1) is 12.1. The van der Waals surface area contributed by atoms with Gasteiger partial charge in [-0.2, -0.15) is 0 Å². The van der Waals surface area contributed by atoms with Gasteiger partial charge in [-0.05, 0) is 30.5 Å². The topological polar surface area (TPSA) is 91.8 Å². The Kier molecular flexibility index (Phi) is 6.81. The molecule has 0 saturated carbocycles. The van der Waals surface area contributed by atoms with Gasteiger partial charge in [-0.15, -0.1) is 0 Å². The van der Waals surface area contributed by atoms with E-state index in [9.17, 15) is 21.6 Å². The third-order valence-electron chi connectivity index (χ3n) is 4.37. The smallest absolute Gasteiger partial charge is 0.242 e. The molecule has 1 aliphatic heterocycles. The molecular formula is C17H26N2O5S2. The predicted molar refractivity (Wildman–Crippen MR) is 99.9 cm³/mol. The van der Waals surface area contributed by atoms with Crippen LogP contribution in [0.1, 0.15) is 31.2 Å². The molecule has 0 spiro atoms. The molecule has 0 atom stereocenters. The summed E-state index contributed by atoms with van der Waals surface area (Å²) in [5.41, 5.74) is 0.358. The lowest BCUT2D eigenvalue weighted by Gasteiger charge is -2.20. The molecule has 1 heterocycles. The van der Waals surface area contributed by atoms with Crippen LogP contribution in [0.4, 0.5) is 0 Å². The van der Waals surface area contributed by atoms with Gasteiger partial charge < -0.3 is 4.90 Å². The second-order valence-corrected chi connectivity index (χ2v) is 11.0. The zero-order chi connectivity index (χ0) is 19.4. The number of hydrogen-bond donors (Lipinski definition) is 0. The average molecular weight is 403 g/mol. The van der Waals surface area contributed by atoms with Crippen LogP contribution in [0.3, 0.4) is 0 Å². The van der Waals surface area contributed by atoms with Crippen LogP contribution in [0, 0.1) is 0 Å². The van der Waals surface area contributed by atoms with E-state index in [1.807, 2.05) is 0 Å². The van der Waals surface area contributed by atoms with Gasteiger partial charge in [-0.1, -0.05) is 25.0 Å². The fourth-order valence-electron chi connectivity index (χ4n) is 2.91. The molecule has 2 rings (SSSR count). The molecule has 0 bridgehead atoms. The summed E-state index contributed by atoms with van der Waals surface area (Å²) in [5, 5.41) is 0. The molecule has 7 nitrogen and oxygen atoms in total. The van der Waals surface area contributed by atoms with Gasteiger partial charge >= 0.3 is 0 Å². The van der Waals surface area contributed by atoms with Crippen molar-refractivity contribution in [3.8, 4) is 0 Å². The third kappa shape index (κ3) is 5.52. The molecule has 146 valence electrons. The molecule has 26 heavy (non-hydrogen) atoms. The molecule has 9 heteroatoms. The van der Waals surface area contributed by atoms with Gasteiger partial charge in [0.2, 0.25) is 15.9 Å². The maximum absolute atomic E-state index is 12.4. The van der Waals surface area contributed by atoms with Crippen molar-refractivity contribution in [3.63, 3.8) is 0 Å². The summed E-state index contributed by atoms with van der Waals surface area (Å²) >= 11 is 0. The number of rotatable bonds is 6. The summed E-state index contributed by atoms with van der Waals surface area (Å²) in [4.78, 5) is 14.0. The number of hydrogen-bond acceptors (Lipinski definition) is 5. The zero-order valence-electron chi connectivity index (χ0n) is 15.2. The van der Waals surface area contributed by atoms with E-state index >= 15 is 0 Å². The van der Waals surface area contributed by atoms with Crippen LogP contribution in [0.2, 0.25) is 0 Å². The second-order valence-electron chi connectivity index (χ2n) is 6.76. The largest absolute Gasteiger partial charge is 0.342 e. The van der Waals surface area contributed by atoms with E-state index < -0.39 is 25.6 Å². The minimum Gasteiger partial charge on any atom is -0.342 e. The molecule has 1 aromatic carbocycles. The van der Waals surface area contributed by atoms with E-state index in [4.69, 9.17) is 0 Å². The Hall–Kier alpha value is -1.45. The van der Waals surface area contributed by atoms with E-state index in [0.29, 0.717) is 18.7 Å². The Bertz CT molecular complexity index is 840. The minimum atomic E-state index is -3.68. The Morgan fingerprint density at radius 3 is 2.23 bits per heavy atom. The van der Waals surface area contributed by atoms with Crippen molar-refractivity contribution in [2.75, 3.05) is 32.9 Å². The molecule has 0 aliphatic carbocycles. The quantitative estimate of drug-likeness (QED) is 0.714. The highest BCUT2D eigenvalue weighted by molar-refractivity contribution is 7.91. The van der Waals surface area contributed by atoms with E-state index in [2.05, 4.69) is 0 Å². The van der Waals surface area contributed by atoms with Crippen molar-refractivity contribution in [2.24, 2.45) is 0 Å². The van der Waals surface area contributed by atoms with E-state index in [-0.39, 0.29) is 16.6 Å². The Morgan fingerprint density at radius 2 is 1.65 bits per heavy atom. The van der Waals surface area contributed by atoms with Crippen molar-refractivity contribution in [1.29, 1.82) is 0 Å². The van der Waals surface area contributed by atoms with Crippen molar-refractivity contribution in [1.82, 2.24) is 9.21 Å². The first-order valence-electron chi connectivity index (χ1n) is 8.61. The van der Waals surface area contributed by atoms with Gasteiger partial charge in [-0.25, -0.2) is 21.1 Å². The number of sulfone groups is 1. The van der Waals surface area contributed by atoms with Gasteiger partial charge in [-0.3, -0.25) is 4.79 Å². The van der Waals surface area contributed by atoms with Crippen molar-refractivity contribution in [3.05, 3.63) is 29.8 Å². The van der Waals surface area contributed by atoms with E-state index in [1.54, 1.807) is 11.0 Å². The summed E-state index contributed by atoms with van der Waals surface area (Å²) in [6.45, 7) is 1.20. The van der Waals surface area contributed by atoms with Gasteiger partial charge in [0.1, 0.15) is 5.75 Å². The fourth-order valence-corrected chi connectivity index (χ4v) is 5.23. The van der Waals surface area contributed by atoms with Crippen molar-refractivity contribution < 1.29 is 21.6 Å². The van der Waals surface area contributed by atoms with Crippen LogP contribution in [0.25, 0.3) is 0 Å². The van der Waals surface area contributed by atoms with Crippen LogP contribution in [0.5, 0.6) is 0 Å². The highest BCUT2D eigenvalue weighted by atomic mass is 32.2. The summed E-state index contributed by atoms with van der Waals surface area (Å²) in [7, 11) is -4.48. The standard InChI is InChI=1S/C17H26N2O5S2/c1-18(2)26(23,24)16-9-7-8-15(12-16)13-25(21,22)14-17(20)19-10-5-3-4-6-11-19/h7-9,12H,3-6,10-11,13-14H2,1-2H3. The van der Waals surface area contributed by atoms with Gasteiger partial charge in [0.25, 0.3) is 0 Å². The summed E-state index contributed by atoms with van der Waals surface area (Å²) in [6.07, 6.45) is 3.92. The normalized spacial score (nSPS) is 16.5. The molecule has 1 saturated heterocycles. The van der Waals surface area contributed by atoms with Crippen LogP contribution >= 0.6 is 0 Å². The lowest BCUT2D eigenvalue weighted by molar-refractivity contribution is -0.128. The molecule has 0 aromatic heterocycles. The van der Waals surface area contributed by atoms with Crippen LogP contribution in [-0.4, -0.2) is 64.9 Å². The molecule has 0 unspecified atom stereocenters. The Labute approximate surface area is 156 Å². The SMILES string of the molecule is CN(C)S(=O)(=O)c1cccc(CS(=O)(=O)CC(=O)N2CCCCCC2)c1. The maximum atomic E-state index is 12.4.